The molecule has 0 rings (SSSR count). The Morgan fingerprint density at radius 1 is 0.515 bits per heavy atom. The molecule has 0 heterocycles. The van der Waals surface area contributed by atoms with Crippen LogP contribution < -0.4 is 0 Å². The molecule has 0 aromatic carbocycles. The van der Waals surface area contributed by atoms with Crippen molar-refractivity contribution in [1.29, 1.82) is 0 Å². The molecule has 0 saturated carbocycles. The van der Waals surface area contributed by atoms with Crippen molar-refractivity contribution in [3.05, 3.63) is 0 Å². The molecule has 0 aromatic heterocycles. The lowest BCUT2D eigenvalue weighted by Gasteiger charge is -2.18. The average molecular weight is 471 g/mol. The summed E-state index contributed by atoms with van der Waals surface area (Å²) in [6, 6.07) is 0. The van der Waals surface area contributed by atoms with Crippen LogP contribution in [0.5, 0.6) is 0 Å². The van der Waals surface area contributed by atoms with Gasteiger partial charge in [0.1, 0.15) is 13.2 Å². The van der Waals surface area contributed by atoms with Crippen molar-refractivity contribution in [2.24, 2.45) is 0 Å². The number of esters is 3. The van der Waals surface area contributed by atoms with E-state index in [2.05, 4.69) is 6.92 Å². The van der Waals surface area contributed by atoms with E-state index in [9.17, 15) is 14.4 Å². The molecule has 0 atom stereocenters. The van der Waals surface area contributed by atoms with Crippen molar-refractivity contribution in [2.75, 3.05) is 13.2 Å². The Balaban J connectivity index is 3.71. The van der Waals surface area contributed by atoms with E-state index in [1.54, 1.807) is 13.8 Å². The molecule has 0 N–H and O–H groups in total. The molecule has 0 aliphatic heterocycles. The van der Waals surface area contributed by atoms with Gasteiger partial charge in [-0.3, -0.25) is 14.4 Å². The minimum absolute atomic E-state index is 0.0890. The average Bonchev–Trinajstić information content (AvgIpc) is 2.82. The van der Waals surface area contributed by atoms with Crippen molar-refractivity contribution < 1.29 is 28.6 Å². The molecule has 6 heteroatoms. The van der Waals surface area contributed by atoms with Crippen LogP contribution in [-0.4, -0.2) is 37.2 Å². The van der Waals surface area contributed by atoms with E-state index >= 15 is 0 Å². The normalized spacial score (nSPS) is 10.9. The van der Waals surface area contributed by atoms with Gasteiger partial charge in [0.25, 0.3) is 0 Å². The van der Waals surface area contributed by atoms with Gasteiger partial charge in [-0.25, -0.2) is 0 Å². The van der Waals surface area contributed by atoms with Crippen LogP contribution >= 0.6 is 0 Å². The van der Waals surface area contributed by atoms with Gasteiger partial charge in [0.15, 0.2) is 6.10 Å². The monoisotopic (exact) mass is 470 g/mol. The first-order valence-corrected chi connectivity index (χ1v) is 13.5. The highest BCUT2D eigenvalue weighted by molar-refractivity contribution is 5.70. The quantitative estimate of drug-likeness (QED) is 0.0903. The topological polar surface area (TPSA) is 78.9 Å². The zero-order chi connectivity index (χ0) is 24.6. The fraction of sp³-hybridized carbons (Fsp3) is 0.889. The number of hydrogen-bond donors (Lipinski definition) is 0. The van der Waals surface area contributed by atoms with Crippen molar-refractivity contribution in [3.8, 4) is 0 Å². The third-order valence-electron chi connectivity index (χ3n) is 5.72. The predicted octanol–water partition coefficient (Wildman–Crippen LogP) is 7.07. The second-order valence-electron chi connectivity index (χ2n) is 8.88. The highest BCUT2D eigenvalue weighted by atomic mass is 16.6. The second-order valence-corrected chi connectivity index (χ2v) is 8.88. The Morgan fingerprint density at radius 3 is 1.24 bits per heavy atom. The maximum Gasteiger partial charge on any atom is 0.306 e. The molecule has 0 aliphatic carbocycles. The molecule has 0 radical (unpaired) electrons. The maximum atomic E-state index is 12.1. The summed E-state index contributed by atoms with van der Waals surface area (Å²) in [6.07, 6.45) is 19.2. The summed E-state index contributed by atoms with van der Waals surface area (Å²) >= 11 is 0. The summed E-state index contributed by atoms with van der Waals surface area (Å²) in [5.74, 6) is -1.09. The van der Waals surface area contributed by atoms with Crippen LogP contribution in [0.25, 0.3) is 0 Å². The fourth-order valence-electron chi connectivity index (χ4n) is 3.58. The van der Waals surface area contributed by atoms with Crippen LogP contribution in [-0.2, 0) is 28.6 Å². The highest BCUT2D eigenvalue weighted by Gasteiger charge is 2.18. The molecule has 0 saturated heterocycles. The van der Waals surface area contributed by atoms with E-state index in [0.29, 0.717) is 6.42 Å². The van der Waals surface area contributed by atoms with Gasteiger partial charge in [0, 0.05) is 19.3 Å². The number of ether oxygens (including phenoxy) is 3. The first kappa shape index (κ1) is 31.4. The van der Waals surface area contributed by atoms with E-state index in [4.69, 9.17) is 14.2 Å². The molecule has 0 bridgehead atoms. The van der Waals surface area contributed by atoms with Gasteiger partial charge in [0.05, 0.1) is 0 Å². The van der Waals surface area contributed by atoms with Crippen LogP contribution in [0, 0.1) is 0 Å². The Hall–Kier alpha value is -1.59. The van der Waals surface area contributed by atoms with Gasteiger partial charge >= 0.3 is 17.9 Å². The van der Waals surface area contributed by atoms with E-state index < -0.39 is 6.10 Å². The van der Waals surface area contributed by atoms with Gasteiger partial charge < -0.3 is 14.2 Å². The van der Waals surface area contributed by atoms with E-state index in [1.165, 1.54) is 77.0 Å². The molecular weight excluding hydrogens is 420 g/mol. The molecule has 194 valence electrons. The highest BCUT2D eigenvalue weighted by Crippen LogP contribution is 2.14. The first-order valence-electron chi connectivity index (χ1n) is 13.5. The molecule has 0 unspecified atom stereocenters. The molecule has 0 fully saturated rings. The van der Waals surface area contributed by atoms with E-state index in [0.717, 1.165) is 19.3 Å². The Bertz CT molecular complexity index is 471. The zero-order valence-corrected chi connectivity index (χ0v) is 21.7. The minimum atomic E-state index is -0.750. The summed E-state index contributed by atoms with van der Waals surface area (Å²) in [5, 5.41) is 0. The lowest BCUT2D eigenvalue weighted by molar-refractivity contribution is -0.166. The Morgan fingerprint density at radius 2 is 0.879 bits per heavy atom. The third-order valence-corrected chi connectivity index (χ3v) is 5.72. The fourth-order valence-corrected chi connectivity index (χ4v) is 3.58. The van der Waals surface area contributed by atoms with Crippen molar-refractivity contribution in [2.45, 2.75) is 142 Å². The van der Waals surface area contributed by atoms with Gasteiger partial charge in [0.2, 0.25) is 0 Å². The van der Waals surface area contributed by atoms with Crippen LogP contribution in [0.2, 0.25) is 0 Å². The molecule has 0 spiro atoms. The summed E-state index contributed by atoms with van der Waals surface area (Å²) in [7, 11) is 0. The predicted molar refractivity (Wildman–Crippen MR) is 132 cm³/mol. The molecule has 33 heavy (non-hydrogen) atoms. The summed E-state index contributed by atoms with van der Waals surface area (Å²) in [6.45, 7) is 5.47. The van der Waals surface area contributed by atoms with Crippen LogP contribution in [0.3, 0.4) is 0 Å². The van der Waals surface area contributed by atoms with Crippen molar-refractivity contribution in [1.82, 2.24) is 0 Å². The van der Waals surface area contributed by atoms with Gasteiger partial charge in [-0.2, -0.15) is 0 Å². The van der Waals surface area contributed by atoms with Crippen LogP contribution in [0.4, 0.5) is 0 Å². The number of hydrogen-bond acceptors (Lipinski definition) is 6. The Kier molecular flexibility index (Phi) is 22.4. The number of unbranched alkanes of at least 4 members (excludes halogenated alkanes) is 14. The van der Waals surface area contributed by atoms with E-state index in [1.807, 2.05) is 0 Å². The molecule has 6 nitrogen and oxygen atoms in total. The lowest BCUT2D eigenvalue weighted by Crippen LogP contribution is -2.30. The molecule has 0 amide bonds. The molecule has 0 aromatic rings. The SMILES string of the molecule is CCCCCCCCCCCCCCCCCC(=O)OC(COC(=O)CC)COC(=O)CC. The summed E-state index contributed by atoms with van der Waals surface area (Å²) in [5.41, 5.74) is 0. The van der Waals surface area contributed by atoms with E-state index in [-0.39, 0.29) is 44.0 Å². The maximum absolute atomic E-state index is 12.1. The van der Waals surface area contributed by atoms with Gasteiger partial charge in [-0.15, -0.1) is 0 Å². The first-order chi connectivity index (χ1) is 16.0. The van der Waals surface area contributed by atoms with Gasteiger partial charge in [-0.05, 0) is 6.42 Å². The third kappa shape index (κ3) is 22.0. The number of carbonyl (C=O) groups excluding carboxylic acids is 3. The van der Waals surface area contributed by atoms with Crippen LogP contribution in [0.15, 0.2) is 0 Å². The smallest absolute Gasteiger partial charge is 0.306 e. The zero-order valence-electron chi connectivity index (χ0n) is 21.7. The molecular formula is C27H50O6. The molecule has 0 aliphatic rings. The lowest BCUT2D eigenvalue weighted by atomic mass is 10.0. The Labute approximate surface area is 202 Å². The van der Waals surface area contributed by atoms with Crippen molar-refractivity contribution in [3.63, 3.8) is 0 Å². The standard InChI is InChI=1S/C27H50O6/c1-4-7-8-9-10-11-12-13-14-15-16-17-18-19-20-21-27(30)33-24(22-31-25(28)5-2)23-32-26(29)6-3/h24H,4-23H2,1-3H3. The second kappa shape index (κ2) is 23.6. The number of rotatable bonds is 23. The summed E-state index contributed by atoms with van der Waals surface area (Å²) < 4.78 is 15.5. The van der Waals surface area contributed by atoms with Gasteiger partial charge in [-0.1, -0.05) is 111 Å². The van der Waals surface area contributed by atoms with Crippen LogP contribution in [0.1, 0.15) is 136 Å². The summed E-state index contributed by atoms with van der Waals surface area (Å²) in [4.78, 5) is 34.8. The minimum Gasteiger partial charge on any atom is -0.462 e. The largest absolute Gasteiger partial charge is 0.462 e. The van der Waals surface area contributed by atoms with Crippen molar-refractivity contribution >= 4 is 17.9 Å². The number of carbonyl (C=O) groups is 3.